The highest BCUT2D eigenvalue weighted by molar-refractivity contribution is 5.89. The van der Waals surface area contributed by atoms with Crippen molar-refractivity contribution in [3.05, 3.63) is 42.6 Å². The van der Waals surface area contributed by atoms with Crippen LogP contribution in [0.2, 0.25) is 0 Å². The minimum Gasteiger partial charge on any atom is -0.497 e. The van der Waals surface area contributed by atoms with Gasteiger partial charge in [0, 0.05) is 19.2 Å². The second-order valence-corrected chi connectivity index (χ2v) is 6.75. The number of rotatable bonds is 5. The molecule has 2 aromatic heterocycles. The fraction of sp³-hybridized carbons (Fsp3) is 0.350. The quantitative estimate of drug-likeness (QED) is 0.735. The topological polar surface area (TPSA) is 81.0 Å². The second kappa shape index (κ2) is 7.85. The van der Waals surface area contributed by atoms with Gasteiger partial charge in [0.1, 0.15) is 5.75 Å². The van der Waals surface area contributed by atoms with Gasteiger partial charge in [0.15, 0.2) is 11.5 Å². The van der Waals surface area contributed by atoms with E-state index in [1.807, 2.05) is 41.3 Å². The summed E-state index contributed by atoms with van der Waals surface area (Å²) in [4.78, 5) is 18.9. The van der Waals surface area contributed by atoms with Crippen molar-refractivity contribution in [1.29, 1.82) is 0 Å². The first-order valence-electron chi connectivity index (χ1n) is 9.25. The van der Waals surface area contributed by atoms with Crippen molar-refractivity contribution in [2.75, 3.05) is 32.7 Å². The maximum Gasteiger partial charge on any atom is 0.323 e. The largest absolute Gasteiger partial charge is 0.497 e. The minimum atomic E-state index is -0.157. The van der Waals surface area contributed by atoms with E-state index in [4.69, 9.17) is 9.47 Å². The summed E-state index contributed by atoms with van der Waals surface area (Å²) in [5.41, 5.74) is 2.40. The van der Waals surface area contributed by atoms with E-state index in [2.05, 4.69) is 15.4 Å². The Labute approximate surface area is 163 Å². The van der Waals surface area contributed by atoms with Crippen LogP contribution in [0.1, 0.15) is 12.8 Å². The van der Waals surface area contributed by atoms with Crippen molar-refractivity contribution in [3.8, 4) is 17.0 Å². The van der Waals surface area contributed by atoms with Gasteiger partial charge in [-0.15, -0.1) is 0 Å². The standard InChI is InChI=1S/C20H23N5O3/c1-27-13-15-6-4-10-24(15)20(26)22-18-12-25-19(21-18)9-8-17(23-25)14-5-3-7-16(11-14)28-2/h3,5,7-9,11-12,15H,4,6,10,13H2,1-2H3,(H,22,26). The Morgan fingerprint density at radius 3 is 3.00 bits per heavy atom. The van der Waals surface area contributed by atoms with Gasteiger partial charge in [0.25, 0.3) is 0 Å². The summed E-state index contributed by atoms with van der Waals surface area (Å²) in [6, 6.07) is 11.4. The molecule has 2 amide bonds. The molecule has 1 fully saturated rings. The summed E-state index contributed by atoms with van der Waals surface area (Å²) in [5.74, 6) is 1.25. The third-order valence-corrected chi connectivity index (χ3v) is 4.92. The van der Waals surface area contributed by atoms with Crippen LogP contribution in [0.5, 0.6) is 5.75 Å². The van der Waals surface area contributed by atoms with Crippen molar-refractivity contribution in [1.82, 2.24) is 19.5 Å². The Bertz CT molecular complexity index is 987. The fourth-order valence-electron chi connectivity index (χ4n) is 3.53. The molecule has 1 aliphatic rings. The predicted octanol–water partition coefficient (Wildman–Crippen LogP) is 3.05. The van der Waals surface area contributed by atoms with Crippen molar-refractivity contribution < 1.29 is 14.3 Å². The van der Waals surface area contributed by atoms with Crippen LogP contribution >= 0.6 is 0 Å². The van der Waals surface area contributed by atoms with Gasteiger partial charge in [0.2, 0.25) is 0 Å². The molecule has 1 N–H and O–H groups in total. The number of likely N-dealkylation sites (tertiary alicyclic amines) is 1. The van der Waals surface area contributed by atoms with Gasteiger partial charge in [0.05, 0.1) is 31.6 Å². The number of hydrogen-bond donors (Lipinski definition) is 1. The second-order valence-electron chi connectivity index (χ2n) is 6.75. The molecule has 1 unspecified atom stereocenters. The van der Waals surface area contributed by atoms with E-state index in [9.17, 15) is 4.79 Å². The molecule has 1 saturated heterocycles. The molecule has 4 rings (SSSR count). The molecule has 0 aliphatic carbocycles. The van der Waals surface area contributed by atoms with E-state index in [1.165, 1.54) is 0 Å². The summed E-state index contributed by atoms with van der Waals surface area (Å²) >= 11 is 0. The summed E-state index contributed by atoms with van der Waals surface area (Å²) in [6.07, 6.45) is 3.66. The van der Waals surface area contributed by atoms with Gasteiger partial charge in [-0.3, -0.25) is 5.32 Å². The van der Waals surface area contributed by atoms with Gasteiger partial charge >= 0.3 is 6.03 Å². The number of ether oxygens (including phenoxy) is 2. The highest BCUT2D eigenvalue weighted by Gasteiger charge is 2.29. The lowest BCUT2D eigenvalue weighted by molar-refractivity contribution is 0.128. The number of fused-ring (bicyclic) bond motifs is 1. The molecule has 3 heterocycles. The average Bonchev–Trinajstić information content (AvgIpc) is 3.34. The number of amides is 2. The predicted molar refractivity (Wildman–Crippen MR) is 106 cm³/mol. The summed E-state index contributed by atoms with van der Waals surface area (Å²) in [5, 5.41) is 7.48. The van der Waals surface area contributed by atoms with Crippen LogP contribution in [0.4, 0.5) is 10.6 Å². The fourth-order valence-corrected chi connectivity index (χ4v) is 3.53. The first kappa shape index (κ1) is 18.2. The van der Waals surface area contributed by atoms with Crippen LogP contribution in [0.15, 0.2) is 42.6 Å². The Kier molecular flexibility index (Phi) is 5.12. The van der Waals surface area contributed by atoms with Crippen molar-refractivity contribution in [3.63, 3.8) is 0 Å². The van der Waals surface area contributed by atoms with Crippen LogP contribution in [0.3, 0.4) is 0 Å². The number of benzene rings is 1. The molecule has 1 aliphatic heterocycles. The highest BCUT2D eigenvalue weighted by atomic mass is 16.5. The number of nitrogens with one attached hydrogen (secondary N) is 1. The molecular formula is C20H23N5O3. The number of urea groups is 1. The number of aromatic nitrogens is 3. The van der Waals surface area contributed by atoms with Crippen molar-refractivity contribution >= 4 is 17.5 Å². The van der Waals surface area contributed by atoms with Crippen molar-refractivity contribution in [2.45, 2.75) is 18.9 Å². The molecule has 0 saturated carbocycles. The monoisotopic (exact) mass is 381 g/mol. The molecule has 146 valence electrons. The molecule has 28 heavy (non-hydrogen) atoms. The zero-order valence-corrected chi connectivity index (χ0v) is 16.0. The third-order valence-electron chi connectivity index (χ3n) is 4.92. The number of carbonyl (C=O) groups is 1. The lowest BCUT2D eigenvalue weighted by Gasteiger charge is -2.23. The van der Waals surface area contributed by atoms with E-state index in [-0.39, 0.29) is 12.1 Å². The maximum atomic E-state index is 12.6. The average molecular weight is 381 g/mol. The molecule has 0 spiro atoms. The SMILES string of the molecule is COCC1CCCN1C(=O)Nc1cn2nc(-c3cccc(OC)c3)ccc2n1. The number of anilines is 1. The molecule has 8 nitrogen and oxygen atoms in total. The first-order chi connectivity index (χ1) is 13.7. The van der Waals surface area contributed by atoms with Gasteiger partial charge in [-0.2, -0.15) is 5.10 Å². The molecular weight excluding hydrogens is 358 g/mol. The Morgan fingerprint density at radius 1 is 1.29 bits per heavy atom. The number of methoxy groups -OCH3 is 2. The van der Waals surface area contributed by atoms with E-state index in [1.54, 1.807) is 24.9 Å². The van der Waals surface area contributed by atoms with Crippen molar-refractivity contribution in [2.24, 2.45) is 0 Å². The van der Waals surface area contributed by atoms with E-state index < -0.39 is 0 Å². The van der Waals surface area contributed by atoms with Crippen LogP contribution in [-0.4, -0.2) is 58.9 Å². The van der Waals surface area contributed by atoms with E-state index in [0.717, 1.165) is 36.4 Å². The van der Waals surface area contributed by atoms with E-state index in [0.29, 0.717) is 18.1 Å². The van der Waals surface area contributed by atoms with Crippen LogP contribution < -0.4 is 10.1 Å². The van der Waals surface area contributed by atoms with Gasteiger partial charge in [-0.25, -0.2) is 14.3 Å². The third kappa shape index (κ3) is 3.63. The Hall–Kier alpha value is -3.13. The first-order valence-corrected chi connectivity index (χ1v) is 9.25. The number of carbonyl (C=O) groups excluding carboxylic acids is 1. The van der Waals surface area contributed by atoms with Crippen LogP contribution in [0.25, 0.3) is 16.9 Å². The Morgan fingerprint density at radius 2 is 2.18 bits per heavy atom. The lowest BCUT2D eigenvalue weighted by Crippen LogP contribution is -2.40. The summed E-state index contributed by atoms with van der Waals surface area (Å²) in [7, 11) is 3.29. The summed E-state index contributed by atoms with van der Waals surface area (Å²) in [6.45, 7) is 1.27. The highest BCUT2D eigenvalue weighted by Crippen LogP contribution is 2.23. The van der Waals surface area contributed by atoms with E-state index >= 15 is 0 Å². The Balaban J connectivity index is 1.54. The lowest BCUT2D eigenvalue weighted by atomic mass is 10.1. The van der Waals surface area contributed by atoms with Gasteiger partial charge in [-0.1, -0.05) is 12.1 Å². The van der Waals surface area contributed by atoms with Gasteiger partial charge < -0.3 is 14.4 Å². The van der Waals surface area contributed by atoms with Crippen LogP contribution in [0, 0.1) is 0 Å². The van der Waals surface area contributed by atoms with Crippen LogP contribution in [-0.2, 0) is 4.74 Å². The normalized spacial score (nSPS) is 16.5. The molecule has 8 heteroatoms. The summed E-state index contributed by atoms with van der Waals surface area (Å²) < 4.78 is 12.2. The molecule has 0 bridgehead atoms. The maximum absolute atomic E-state index is 12.6. The van der Waals surface area contributed by atoms with Gasteiger partial charge in [-0.05, 0) is 37.1 Å². The zero-order chi connectivity index (χ0) is 19.5. The molecule has 3 aromatic rings. The smallest absolute Gasteiger partial charge is 0.323 e. The zero-order valence-electron chi connectivity index (χ0n) is 16.0. The molecule has 0 radical (unpaired) electrons. The number of hydrogen-bond acceptors (Lipinski definition) is 5. The molecule has 1 atom stereocenters. The number of imidazole rings is 1. The number of nitrogens with zero attached hydrogens (tertiary/aromatic N) is 4. The minimum absolute atomic E-state index is 0.111. The molecule has 1 aromatic carbocycles.